The molecule has 7 rings (SSSR count). The number of anilines is 2. The van der Waals surface area contributed by atoms with Crippen molar-refractivity contribution in [3.63, 3.8) is 0 Å². The molecule has 2 atom stereocenters. The van der Waals surface area contributed by atoms with Crippen LogP contribution in [0.15, 0.2) is 53.7 Å². The molecular formula is C40H46F3N9O3. The van der Waals surface area contributed by atoms with Crippen LogP contribution >= 0.6 is 0 Å². The van der Waals surface area contributed by atoms with Crippen molar-refractivity contribution in [1.82, 2.24) is 24.3 Å². The summed E-state index contributed by atoms with van der Waals surface area (Å²) in [6.07, 6.45) is 3.43. The summed E-state index contributed by atoms with van der Waals surface area (Å²) in [6, 6.07) is 10.2. The average molecular weight is 758 g/mol. The zero-order chi connectivity index (χ0) is 38.8. The molecular weight excluding hydrogens is 711 g/mol. The number of hydrogen-bond acceptors (Lipinski definition) is 9. The van der Waals surface area contributed by atoms with Gasteiger partial charge in [-0.3, -0.25) is 29.8 Å². The second-order valence-electron chi connectivity index (χ2n) is 14.7. The summed E-state index contributed by atoms with van der Waals surface area (Å²) in [7, 11) is 1.61. The van der Waals surface area contributed by atoms with Crippen LogP contribution in [0.3, 0.4) is 0 Å². The number of carbonyl (C=O) groups excluding carboxylic acids is 2. The number of ether oxygens (including phenoxy) is 1. The molecule has 2 saturated heterocycles. The third-order valence-corrected chi connectivity index (χ3v) is 10.6. The molecule has 2 bridgehead atoms. The number of hydrogen-bond donors (Lipinski definition) is 2. The molecule has 4 aromatic rings. The molecule has 3 N–H and O–H groups in total. The quantitative estimate of drug-likeness (QED) is 0.285. The van der Waals surface area contributed by atoms with Crippen LogP contribution in [0.1, 0.15) is 53.5 Å². The van der Waals surface area contributed by atoms with E-state index in [-0.39, 0.29) is 23.7 Å². The summed E-state index contributed by atoms with van der Waals surface area (Å²) in [5.74, 6) is -1.70. The predicted molar refractivity (Wildman–Crippen MR) is 205 cm³/mol. The molecule has 5 heterocycles. The molecule has 290 valence electrons. The van der Waals surface area contributed by atoms with Gasteiger partial charge in [-0.2, -0.15) is 0 Å². The van der Waals surface area contributed by atoms with Crippen LogP contribution in [0, 0.1) is 36.2 Å². The second-order valence-corrected chi connectivity index (χ2v) is 14.7. The highest BCUT2D eigenvalue weighted by Crippen LogP contribution is 2.30. The average Bonchev–Trinajstić information content (AvgIpc) is 3.79. The Hall–Kier alpha value is -5.44. The maximum absolute atomic E-state index is 16.7. The Labute approximate surface area is 317 Å². The van der Waals surface area contributed by atoms with Gasteiger partial charge in [0.15, 0.2) is 5.82 Å². The number of amides is 2. The number of piperazine rings is 1. The lowest BCUT2D eigenvalue weighted by molar-refractivity contribution is -0.136. The fraction of sp³-hybridized carbons (Fsp3) is 0.425. The number of nitrogens with one attached hydrogen (secondary N) is 1. The van der Waals surface area contributed by atoms with E-state index in [0.29, 0.717) is 123 Å². The number of rotatable bonds is 4. The molecule has 55 heavy (non-hydrogen) atoms. The van der Waals surface area contributed by atoms with Crippen molar-refractivity contribution in [3.05, 3.63) is 88.6 Å². The predicted octanol–water partition coefficient (Wildman–Crippen LogP) is 5.35. The van der Waals surface area contributed by atoms with Crippen LogP contribution in [-0.4, -0.2) is 95.0 Å². The first-order chi connectivity index (χ1) is 26.5. The number of aliphatic imine (C=N–C) groups is 1. The molecule has 2 aromatic carbocycles. The smallest absolute Gasteiger partial charge is 0.258 e. The number of aryl methyl sites for hydroxylation is 1. The van der Waals surface area contributed by atoms with E-state index in [2.05, 4.69) is 27.1 Å². The molecule has 2 fully saturated rings. The van der Waals surface area contributed by atoms with Gasteiger partial charge in [-0.05, 0) is 62.4 Å². The molecule has 0 saturated carbocycles. The van der Waals surface area contributed by atoms with Crippen molar-refractivity contribution in [3.8, 4) is 0 Å². The van der Waals surface area contributed by atoms with Crippen molar-refractivity contribution in [1.29, 1.82) is 0 Å². The summed E-state index contributed by atoms with van der Waals surface area (Å²) in [4.78, 5) is 46.6. The number of nitrogens with zero attached hydrogens (tertiary/aromatic N) is 7. The molecule has 2 aromatic heterocycles. The highest BCUT2D eigenvalue weighted by molar-refractivity contribution is 6.19. The number of imidazole rings is 1. The lowest BCUT2D eigenvalue weighted by Gasteiger charge is -2.36. The van der Waals surface area contributed by atoms with E-state index >= 15 is 4.39 Å². The minimum atomic E-state index is -0.643. The van der Waals surface area contributed by atoms with Gasteiger partial charge in [0.1, 0.15) is 17.2 Å². The van der Waals surface area contributed by atoms with Gasteiger partial charge in [0.2, 0.25) is 17.8 Å². The minimum absolute atomic E-state index is 0.0285. The SMILES string of the molecule is CN=C1OCCC[C@@H](C)Cn2c(nc3ccc(CN4CCN(C(=O)C5CCN(c6cc(F)cc(F)c6)C5)CC4)c(F)c32)NC(=O)c2cc(C)nc(c2)C1=CN. The molecule has 1 unspecified atom stereocenters. The van der Waals surface area contributed by atoms with Crippen molar-refractivity contribution in [2.24, 2.45) is 22.6 Å². The molecule has 15 heteroatoms. The number of fused-ring (bicyclic) bond motifs is 5. The van der Waals surface area contributed by atoms with Crippen molar-refractivity contribution in [2.75, 3.05) is 63.1 Å². The summed E-state index contributed by atoms with van der Waals surface area (Å²) in [5, 5.41) is 2.94. The van der Waals surface area contributed by atoms with E-state index < -0.39 is 23.4 Å². The summed E-state index contributed by atoms with van der Waals surface area (Å²) < 4.78 is 52.1. The fourth-order valence-corrected chi connectivity index (χ4v) is 7.81. The van der Waals surface area contributed by atoms with Gasteiger partial charge in [-0.15, -0.1) is 0 Å². The second kappa shape index (κ2) is 16.1. The lowest BCUT2D eigenvalue weighted by Crippen LogP contribution is -2.50. The van der Waals surface area contributed by atoms with Crippen molar-refractivity contribution >= 4 is 46.0 Å². The molecule has 0 aliphatic carbocycles. The number of aromatic nitrogens is 3. The standard InChI is InChI=1S/C40H46F3N9O3/c1-24-5-4-14-55-38(45-3)32(20-44)34-16-28(15-25(2)46-34)37(53)48-40-47-33-7-6-26(35(43)36(33)52(40)21-24)22-49-10-12-50(13-11-49)39(54)27-8-9-51(23-27)31-18-29(41)17-30(42)19-31/h6-7,15-20,24,27H,4-5,8-14,21-23,44H2,1-3H3,(H,47,48,53)/t24-,27?/m1/s1. The Bertz CT molecular complexity index is 2140. The first-order valence-corrected chi connectivity index (χ1v) is 18.7. The number of halogens is 3. The van der Waals surface area contributed by atoms with Crippen LogP contribution in [0.4, 0.5) is 24.8 Å². The molecule has 3 aliphatic heterocycles. The molecule has 12 nitrogen and oxygen atoms in total. The zero-order valence-electron chi connectivity index (χ0n) is 31.3. The van der Waals surface area contributed by atoms with E-state index in [9.17, 15) is 18.4 Å². The van der Waals surface area contributed by atoms with Gasteiger partial charge in [-0.25, -0.2) is 18.2 Å². The topological polar surface area (TPSA) is 134 Å². The maximum Gasteiger partial charge on any atom is 0.258 e. The molecule has 2 amide bonds. The zero-order valence-corrected chi connectivity index (χ0v) is 31.3. The summed E-state index contributed by atoms with van der Waals surface area (Å²) >= 11 is 0. The van der Waals surface area contributed by atoms with E-state index in [1.807, 2.05) is 9.80 Å². The largest absolute Gasteiger partial charge is 0.477 e. The van der Waals surface area contributed by atoms with Gasteiger partial charge in [-0.1, -0.05) is 13.0 Å². The van der Waals surface area contributed by atoms with Crippen LogP contribution in [0.2, 0.25) is 0 Å². The van der Waals surface area contributed by atoms with Gasteiger partial charge in [0, 0.05) is 94.2 Å². The number of carbonyl (C=O) groups is 2. The summed E-state index contributed by atoms with van der Waals surface area (Å²) in [5.41, 5.74) is 9.50. The number of pyridine rings is 1. The van der Waals surface area contributed by atoms with Crippen LogP contribution in [0.5, 0.6) is 0 Å². The van der Waals surface area contributed by atoms with E-state index in [4.69, 9.17) is 15.5 Å². The van der Waals surface area contributed by atoms with Gasteiger partial charge in [0.05, 0.1) is 29.3 Å². The first kappa shape index (κ1) is 37.9. The Morgan fingerprint density at radius 1 is 1.02 bits per heavy atom. The van der Waals surface area contributed by atoms with E-state index in [1.165, 1.54) is 18.3 Å². The van der Waals surface area contributed by atoms with Gasteiger partial charge >= 0.3 is 0 Å². The lowest BCUT2D eigenvalue weighted by atomic mass is 10.1. The molecule has 0 spiro atoms. The van der Waals surface area contributed by atoms with E-state index in [0.717, 1.165) is 12.5 Å². The Balaban J connectivity index is 1.07. The van der Waals surface area contributed by atoms with E-state index in [1.54, 1.807) is 42.8 Å². The van der Waals surface area contributed by atoms with Crippen LogP contribution in [-0.2, 0) is 22.6 Å². The minimum Gasteiger partial charge on any atom is -0.477 e. The fourth-order valence-electron chi connectivity index (χ4n) is 7.81. The third kappa shape index (κ3) is 8.16. The molecule has 0 radical (unpaired) electrons. The maximum atomic E-state index is 16.7. The Morgan fingerprint density at radius 2 is 1.78 bits per heavy atom. The van der Waals surface area contributed by atoms with Gasteiger partial charge in [0.25, 0.3) is 5.91 Å². The normalized spacial score (nSPS) is 21.7. The Kier molecular flexibility index (Phi) is 11.1. The number of nitrogens with two attached hydrogens (primary N) is 1. The Morgan fingerprint density at radius 3 is 2.51 bits per heavy atom. The monoisotopic (exact) mass is 757 g/mol. The highest BCUT2D eigenvalue weighted by Gasteiger charge is 2.34. The summed E-state index contributed by atoms with van der Waals surface area (Å²) in [6.45, 7) is 8.03. The number of benzene rings is 2. The van der Waals surface area contributed by atoms with Crippen LogP contribution in [0.25, 0.3) is 16.6 Å². The first-order valence-electron chi connectivity index (χ1n) is 18.7. The highest BCUT2D eigenvalue weighted by atomic mass is 19.1. The molecule has 3 aliphatic rings. The third-order valence-electron chi connectivity index (χ3n) is 10.6. The van der Waals surface area contributed by atoms with Crippen molar-refractivity contribution < 1.29 is 27.5 Å². The van der Waals surface area contributed by atoms with Crippen molar-refractivity contribution in [2.45, 2.75) is 46.2 Å². The van der Waals surface area contributed by atoms with Crippen LogP contribution < -0.4 is 16.0 Å². The van der Waals surface area contributed by atoms with Gasteiger partial charge < -0.3 is 24.8 Å².